The highest BCUT2D eigenvalue weighted by molar-refractivity contribution is 5.84. The fraction of sp³-hybridized carbons (Fsp3) is 0.444. The minimum Gasteiger partial charge on any atom is -0.481 e. The molecule has 2 fully saturated rings. The van der Waals surface area contributed by atoms with Crippen LogP contribution in [0.25, 0.3) is 11.1 Å². The molecule has 8 nitrogen and oxygen atoms in total. The molecule has 2 aliphatic carbocycles. The van der Waals surface area contributed by atoms with Gasteiger partial charge in [-0.25, -0.2) is 4.79 Å². The van der Waals surface area contributed by atoms with E-state index < -0.39 is 17.5 Å². The number of amides is 2. The van der Waals surface area contributed by atoms with Crippen LogP contribution in [0.1, 0.15) is 36.3 Å². The molecule has 2 aromatic carbocycles. The van der Waals surface area contributed by atoms with Gasteiger partial charge in [-0.1, -0.05) is 48.5 Å². The van der Waals surface area contributed by atoms with Gasteiger partial charge in [-0.15, -0.1) is 0 Å². The summed E-state index contributed by atoms with van der Waals surface area (Å²) in [5, 5.41) is 14.7. The first-order chi connectivity index (χ1) is 17.0. The number of rotatable bonds is 8. The molecule has 1 saturated carbocycles. The highest BCUT2D eigenvalue weighted by atomic mass is 16.5. The molecular formula is C27H30N2O6. The number of carboxylic acids is 1. The number of carboxylic acid groups (broad SMARTS) is 1. The van der Waals surface area contributed by atoms with Crippen LogP contribution in [0, 0.1) is 17.3 Å². The molecule has 0 aromatic heterocycles. The lowest BCUT2D eigenvalue weighted by Crippen LogP contribution is -2.53. The smallest absolute Gasteiger partial charge is 0.407 e. The van der Waals surface area contributed by atoms with E-state index >= 15 is 0 Å². The molecule has 1 heterocycles. The first-order valence-corrected chi connectivity index (χ1v) is 12.2. The highest BCUT2D eigenvalue weighted by Gasteiger charge is 2.45. The summed E-state index contributed by atoms with van der Waals surface area (Å²) in [6.45, 7) is 1.40. The van der Waals surface area contributed by atoms with Crippen LogP contribution in [0.2, 0.25) is 0 Å². The lowest BCUT2D eigenvalue weighted by Gasteiger charge is -2.35. The SMILES string of the molecule is O=C(NCC1(C(=O)NC[C@@H]2C[C@@H]2C(=O)O)CCCOC1)OCC1c2ccccc2-c2ccccc21. The molecule has 1 unspecified atom stereocenters. The maximum Gasteiger partial charge on any atom is 0.407 e. The van der Waals surface area contributed by atoms with Crippen molar-refractivity contribution in [1.29, 1.82) is 0 Å². The lowest BCUT2D eigenvalue weighted by atomic mass is 9.81. The Bertz CT molecular complexity index is 1080. The van der Waals surface area contributed by atoms with E-state index in [9.17, 15) is 14.4 Å². The lowest BCUT2D eigenvalue weighted by molar-refractivity contribution is -0.140. The van der Waals surface area contributed by atoms with Crippen LogP contribution in [0.4, 0.5) is 4.79 Å². The second kappa shape index (κ2) is 9.70. The van der Waals surface area contributed by atoms with Crippen molar-refractivity contribution in [1.82, 2.24) is 10.6 Å². The van der Waals surface area contributed by atoms with Crippen LogP contribution in [-0.2, 0) is 19.1 Å². The number of aliphatic carboxylic acids is 1. The average Bonchev–Trinajstić information content (AvgIpc) is 3.61. The van der Waals surface area contributed by atoms with Gasteiger partial charge in [0, 0.05) is 25.6 Å². The van der Waals surface area contributed by atoms with Gasteiger partial charge in [-0.05, 0) is 47.4 Å². The highest BCUT2D eigenvalue weighted by Crippen LogP contribution is 2.44. The molecular weight excluding hydrogens is 448 g/mol. The third-order valence-electron chi connectivity index (χ3n) is 7.48. The molecule has 3 atom stereocenters. The number of hydrogen-bond donors (Lipinski definition) is 3. The van der Waals surface area contributed by atoms with Crippen molar-refractivity contribution in [3.63, 3.8) is 0 Å². The van der Waals surface area contributed by atoms with E-state index in [1.165, 1.54) is 0 Å². The van der Waals surface area contributed by atoms with Crippen LogP contribution >= 0.6 is 0 Å². The van der Waals surface area contributed by atoms with Gasteiger partial charge in [0.25, 0.3) is 0 Å². The van der Waals surface area contributed by atoms with E-state index in [2.05, 4.69) is 34.9 Å². The van der Waals surface area contributed by atoms with Crippen molar-refractivity contribution in [3.05, 3.63) is 59.7 Å². The monoisotopic (exact) mass is 478 g/mol. The number of fused-ring (bicyclic) bond motifs is 3. The van der Waals surface area contributed by atoms with Crippen molar-refractivity contribution in [2.75, 3.05) is 32.9 Å². The predicted molar refractivity (Wildman–Crippen MR) is 128 cm³/mol. The van der Waals surface area contributed by atoms with Gasteiger partial charge < -0.3 is 25.2 Å². The number of hydrogen-bond acceptors (Lipinski definition) is 5. The molecule has 1 aliphatic heterocycles. The minimum absolute atomic E-state index is 0.0342. The molecule has 3 N–H and O–H groups in total. The fourth-order valence-corrected chi connectivity index (χ4v) is 5.33. The molecule has 0 radical (unpaired) electrons. The Labute approximate surface area is 204 Å². The summed E-state index contributed by atoms with van der Waals surface area (Å²) in [7, 11) is 0. The molecule has 8 heteroatoms. The van der Waals surface area contributed by atoms with Crippen LogP contribution < -0.4 is 10.6 Å². The van der Waals surface area contributed by atoms with Gasteiger partial charge in [0.15, 0.2) is 0 Å². The summed E-state index contributed by atoms with van der Waals surface area (Å²) < 4.78 is 11.2. The van der Waals surface area contributed by atoms with E-state index in [1.807, 2.05) is 24.3 Å². The number of carbonyl (C=O) groups is 3. The summed E-state index contributed by atoms with van der Waals surface area (Å²) in [5.41, 5.74) is 3.70. The van der Waals surface area contributed by atoms with Gasteiger partial charge in [0.2, 0.25) is 5.91 Å². The average molecular weight is 479 g/mol. The molecule has 1 saturated heterocycles. The van der Waals surface area contributed by atoms with Gasteiger partial charge >= 0.3 is 12.1 Å². The quantitative estimate of drug-likeness (QED) is 0.537. The van der Waals surface area contributed by atoms with Crippen molar-refractivity contribution in [3.8, 4) is 11.1 Å². The first kappa shape index (κ1) is 23.4. The number of nitrogens with one attached hydrogen (secondary N) is 2. The molecule has 0 bridgehead atoms. The molecule has 35 heavy (non-hydrogen) atoms. The summed E-state index contributed by atoms with van der Waals surface area (Å²) >= 11 is 0. The maximum absolute atomic E-state index is 13.1. The Morgan fingerprint density at radius 2 is 1.71 bits per heavy atom. The number of ether oxygens (including phenoxy) is 2. The van der Waals surface area contributed by atoms with E-state index in [4.69, 9.17) is 14.6 Å². The summed E-state index contributed by atoms with van der Waals surface area (Å²) in [4.78, 5) is 36.8. The van der Waals surface area contributed by atoms with Crippen LogP contribution in [0.5, 0.6) is 0 Å². The minimum atomic E-state index is -0.891. The second-order valence-corrected chi connectivity index (χ2v) is 9.77. The molecule has 0 spiro atoms. The summed E-state index contributed by atoms with van der Waals surface area (Å²) in [5.74, 6) is -1.49. The standard InChI is InChI=1S/C27H30N2O6/c30-24(31)22-12-17(22)13-28-25(32)27(10-5-11-34-16-27)15-29-26(33)35-14-23-20-8-3-1-6-18(20)19-7-2-4-9-21(19)23/h1-4,6-9,17,22-23H,5,10-16H2,(H,28,32)(H,29,33)(H,30,31)/t17-,22-,27?/m0/s1. The maximum atomic E-state index is 13.1. The first-order valence-electron chi connectivity index (χ1n) is 12.2. The molecule has 2 amide bonds. The summed E-state index contributed by atoms with van der Waals surface area (Å²) in [6, 6.07) is 16.3. The van der Waals surface area contributed by atoms with Crippen LogP contribution in [-0.4, -0.2) is 56.0 Å². The predicted octanol–water partition coefficient (Wildman–Crippen LogP) is 3.16. The third kappa shape index (κ3) is 4.75. The van der Waals surface area contributed by atoms with Crippen molar-refractivity contribution in [2.45, 2.75) is 25.2 Å². The van der Waals surface area contributed by atoms with E-state index in [-0.39, 0.29) is 43.4 Å². The topological polar surface area (TPSA) is 114 Å². The van der Waals surface area contributed by atoms with E-state index in [0.29, 0.717) is 32.4 Å². The van der Waals surface area contributed by atoms with Crippen molar-refractivity contribution < 1.29 is 29.0 Å². The van der Waals surface area contributed by atoms with Gasteiger partial charge in [-0.2, -0.15) is 0 Å². The Kier molecular flexibility index (Phi) is 6.47. The molecule has 5 rings (SSSR count). The molecule has 184 valence electrons. The van der Waals surface area contributed by atoms with Crippen molar-refractivity contribution in [2.24, 2.45) is 17.3 Å². The summed E-state index contributed by atoms with van der Waals surface area (Å²) in [6.07, 6.45) is 1.30. The van der Waals surface area contributed by atoms with Gasteiger partial charge in [0.05, 0.1) is 17.9 Å². The zero-order valence-corrected chi connectivity index (χ0v) is 19.5. The van der Waals surface area contributed by atoms with Gasteiger partial charge in [0.1, 0.15) is 6.61 Å². The fourth-order valence-electron chi connectivity index (χ4n) is 5.33. The van der Waals surface area contributed by atoms with Crippen LogP contribution in [0.3, 0.4) is 0 Å². The largest absolute Gasteiger partial charge is 0.481 e. The normalized spacial score (nSPS) is 24.7. The Morgan fingerprint density at radius 1 is 1.03 bits per heavy atom. The van der Waals surface area contributed by atoms with Gasteiger partial charge in [-0.3, -0.25) is 9.59 Å². The molecule has 3 aliphatic rings. The number of carbonyl (C=O) groups excluding carboxylic acids is 2. The zero-order chi connectivity index (χ0) is 24.4. The number of benzene rings is 2. The Hall–Kier alpha value is -3.39. The third-order valence-corrected chi connectivity index (χ3v) is 7.48. The van der Waals surface area contributed by atoms with Crippen LogP contribution in [0.15, 0.2) is 48.5 Å². The molecule has 2 aromatic rings. The number of alkyl carbamates (subject to hydrolysis) is 1. The van der Waals surface area contributed by atoms with E-state index in [1.54, 1.807) is 0 Å². The zero-order valence-electron chi connectivity index (χ0n) is 19.5. The van der Waals surface area contributed by atoms with E-state index in [0.717, 1.165) is 22.3 Å². The Morgan fingerprint density at radius 3 is 2.31 bits per heavy atom. The van der Waals surface area contributed by atoms with Crippen molar-refractivity contribution >= 4 is 18.0 Å². The second-order valence-electron chi connectivity index (χ2n) is 9.77. The Balaban J connectivity index is 1.18.